The van der Waals surface area contributed by atoms with Gasteiger partial charge in [0.1, 0.15) is 6.10 Å². The standard InChI is InChI=1S/C32H41N3O/c1-4-23-17-18-24(5-2)29(21-23)31-34-22(3)27(32(35-31)36-26-13-7-8-14-26)19-20-33-30-16-10-12-25-11-6-9-15-28(25)30/h6,9,11,15,17-18,21,26,30,33H,4-5,7-8,10,12-14,16,19-20H2,1-3H3/t30-/m0/s1. The molecule has 1 saturated carbocycles. The lowest BCUT2D eigenvalue weighted by atomic mass is 9.87. The average Bonchev–Trinajstić information content (AvgIpc) is 3.43. The molecule has 4 heteroatoms. The molecule has 4 nitrogen and oxygen atoms in total. The van der Waals surface area contributed by atoms with Crippen LogP contribution in [0.25, 0.3) is 11.4 Å². The summed E-state index contributed by atoms with van der Waals surface area (Å²) in [6, 6.07) is 16.1. The molecule has 1 fully saturated rings. The van der Waals surface area contributed by atoms with E-state index >= 15 is 0 Å². The van der Waals surface area contributed by atoms with Gasteiger partial charge < -0.3 is 10.1 Å². The first kappa shape index (κ1) is 25.0. The summed E-state index contributed by atoms with van der Waals surface area (Å²) in [5, 5.41) is 3.84. The zero-order valence-corrected chi connectivity index (χ0v) is 22.3. The molecule has 5 rings (SSSR count). The van der Waals surface area contributed by atoms with Crippen LogP contribution in [0.2, 0.25) is 0 Å². The van der Waals surface area contributed by atoms with Crippen LogP contribution in [0, 0.1) is 6.92 Å². The Morgan fingerprint density at radius 3 is 2.58 bits per heavy atom. The third kappa shape index (κ3) is 5.49. The average molecular weight is 484 g/mol. The van der Waals surface area contributed by atoms with Crippen LogP contribution in [-0.2, 0) is 25.7 Å². The number of hydrogen-bond acceptors (Lipinski definition) is 4. The van der Waals surface area contributed by atoms with Gasteiger partial charge in [-0.2, -0.15) is 4.98 Å². The van der Waals surface area contributed by atoms with Crippen molar-refractivity contribution in [1.82, 2.24) is 15.3 Å². The first-order chi connectivity index (χ1) is 17.7. The van der Waals surface area contributed by atoms with E-state index in [9.17, 15) is 0 Å². The summed E-state index contributed by atoms with van der Waals surface area (Å²) in [5.41, 5.74) is 8.94. The highest BCUT2D eigenvalue weighted by atomic mass is 16.5. The second-order valence-corrected chi connectivity index (χ2v) is 10.5. The molecule has 2 aromatic carbocycles. The molecule has 0 aliphatic heterocycles. The monoisotopic (exact) mass is 483 g/mol. The van der Waals surface area contributed by atoms with Crippen molar-refractivity contribution in [2.45, 2.75) is 97.1 Å². The van der Waals surface area contributed by atoms with Gasteiger partial charge in [0.15, 0.2) is 5.82 Å². The second kappa shape index (κ2) is 11.6. The second-order valence-electron chi connectivity index (χ2n) is 10.5. The molecular formula is C32H41N3O. The van der Waals surface area contributed by atoms with Crippen molar-refractivity contribution in [3.05, 3.63) is 76.0 Å². The van der Waals surface area contributed by atoms with Gasteiger partial charge in [-0.15, -0.1) is 0 Å². The van der Waals surface area contributed by atoms with Gasteiger partial charge in [0, 0.05) is 29.4 Å². The van der Waals surface area contributed by atoms with Crippen molar-refractivity contribution in [3.8, 4) is 17.3 Å². The number of aryl methyl sites for hydroxylation is 4. The lowest BCUT2D eigenvalue weighted by molar-refractivity contribution is 0.198. The van der Waals surface area contributed by atoms with Crippen LogP contribution in [0.5, 0.6) is 5.88 Å². The molecule has 190 valence electrons. The Kier molecular flexibility index (Phi) is 8.01. The van der Waals surface area contributed by atoms with E-state index in [2.05, 4.69) is 68.6 Å². The molecule has 36 heavy (non-hydrogen) atoms. The smallest absolute Gasteiger partial charge is 0.220 e. The number of rotatable bonds is 9. The summed E-state index contributed by atoms with van der Waals surface area (Å²) < 4.78 is 6.60. The van der Waals surface area contributed by atoms with E-state index in [0.29, 0.717) is 6.04 Å². The van der Waals surface area contributed by atoms with Gasteiger partial charge in [-0.3, -0.25) is 0 Å². The van der Waals surface area contributed by atoms with E-state index in [-0.39, 0.29) is 6.10 Å². The minimum absolute atomic E-state index is 0.275. The normalized spacial score (nSPS) is 17.8. The lowest BCUT2D eigenvalue weighted by Crippen LogP contribution is -2.27. The topological polar surface area (TPSA) is 47.0 Å². The number of nitrogens with zero attached hydrogens (tertiary/aromatic N) is 2. The number of hydrogen-bond donors (Lipinski definition) is 1. The summed E-state index contributed by atoms with van der Waals surface area (Å²) in [4.78, 5) is 10.1. The zero-order chi connectivity index (χ0) is 24.9. The molecule has 2 aliphatic carbocycles. The Labute approximate surface area is 216 Å². The van der Waals surface area contributed by atoms with Gasteiger partial charge in [0.05, 0.1) is 0 Å². The molecule has 0 saturated heterocycles. The number of fused-ring (bicyclic) bond motifs is 1. The van der Waals surface area contributed by atoms with E-state index < -0.39 is 0 Å². The van der Waals surface area contributed by atoms with Crippen molar-refractivity contribution in [2.24, 2.45) is 0 Å². The predicted molar refractivity (Wildman–Crippen MR) is 148 cm³/mol. The van der Waals surface area contributed by atoms with Crippen molar-refractivity contribution in [3.63, 3.8) is 0 Å². The summed E-state index contributed by atoms with van der Waals surface area (Å²) >= 11 is 0. The van der Waals surface area contributed by atoms with Crippen LogP contribution in [0.3, 0.4) is 0 Å². The van der Waals surface area contributed by atoms with Gasteiger partial charge in [0.25, 0.3) is 0 Å². The van der Waals surface area contributed by atoms with Gasteiger partial charge >= 0.3 is 0 Å². The molecule has 0 amide bonds. The van der Waals surface area contributed by atoms with E-state index in [0.717, 1.165) is 67.2 Å². The van der Waals surface area contributed by atoms with Crippen molar-refractivity contribution in [1.29, 1.82) is 0 Å². The maximum atomic E-state index is 6.60. The maximum absolute atomic E-state index is 6.60. The molecule has 1 atom stereocenters. The first-order valence-electron chi connectivity index (χ1n) is 14.1. The fraction of sp³-hybridized carbons (Fsp3) is 0.500. The van der Waals surface area contributed by atoms with Crippen molar-refractivity contribution >= 4 is 0 Å². The van der Waals surface area contributed by atoms with Gasteiger partial charge in [-0.1, -0.05) is 50.2 Å². The van der Waals surface area contributed by atoms with Crippen LogP contribution in [0.1, 0.15) is 91.9 Å². The molecule has 0 spiro atoms. The summed E-state index contributed by atoms with van der Waals surface area (Å²) in [6.07, 6.45) is 11.5. The Balaban J connectivity index is 1.41. The van der Waals surface area contributed by atoms with E-state index in [4.69, 9.17) is 14.7 Å². The molecular weight excluding hydrogens is 442 g/mol. The van der Waals surface area contributed by atoms with Crippen LogP contribution in [0.15, 0.2) is 42.5 Å². The van der Waals surface area contributed by atoms with E-state index in [1.807, 2.05) is 0 Å². The minimum Gasteiger partial charge on any atom is -0.474 e. The highest BCUT2D eigenvalue weighted by Crippen LogP contribution is 2.32. The van der Waals surface area contributed by atoms with Crippen LogP contribution in [-0.4, -0.2) is 22.6 Å². The van der Waals surface area contributed by atoms with Crippen LogP contribution in [0.4, 0.5) is 0 Å². The molecule has 0 bridgehead atoms. The molecule has 1 aromatic heterocycles. The Morgan fingerprint density at radius 1 is 0.944 bits per heavy atom. The maximum Gasteiger partial charge on any atom is 0.220 e. The minimum atomic E-state index is 0.275. The number of benzene rings is 2. The summed E-state index contributed by atoms with van der Waals surface area (Å²) in [7, 11) is 0. The Bertz CT molecular complexity index is 1180. The summed E-state index contributed by atoms with van der Waals surface area (Å²) in [5.74, 6) is 1.62. The highest BCUT2D eigenvalue weighted by molar-refractivity contribution is 5.63. The molecule has 3 aromatic rings. The predicted octanol–water partition coefficient (Wildman–Crippen LogP) is 7.11. The van der Waals surface area contributed by atoms with Gasteiger partial charge in [-0.05, 0) is 99.5 Å². The lowest BCUT2D eigenvalue weighted by Gasteiger charge is -2.27. The third-order valence-electron chi connectivity index (χ3n) is 8.10. The fourth-order valence-electron chi connectivity index (χ4n) is 5.94. The van der Waals surface area contributed by atoms with Crippen molar-refractivity contribution < 1.29 is 4.74 Å². The van der Waals surface area contributed by atoms with Crippen molar-refractivity contribution in [2.75, 3.05) is 6.54 Å². The zero-order valence-electron chi connectivity index (χ0n) is 22.3. The SMILES string of the molecule is CCc1ccc(CC)c(-c2nc(C)c(CCN[C@H]3CCCc4ccccc43)c(OC3CCCC3)n2)c1. The molecule has 0 unspecified atom stereocenters. The third-order valence-corrected chi connectivity index (χ3v) is 8.10. The first-order valence-corrected chi connectivity index (χ1v) is 14.1. The largest absolute Gasteiger partial charge is 0.474 e. The number of ether oxygens (including phenoxy) is 1. The quantitative estimate of drug-likeness (QED) is 0.352. The van der Waals surface area contributed by atoms with Crippen LogP contribution < -0.4 is 10.1 Å². The highest BCUT2D eigenvalue weighted by Gasteiger charge is 2.23. The molecule has 2 aliphatic rings. The van der Waals surface area contributed by atoms with Gasteiger partial charge in [-0.25, -0.2) is 4.98 Å². The van der Waals surface area contributed by atoms with E-state index in [1.165, 1.54) is 54.4 Å². The van der Waals surface area contributed by atoms with Crippen LogP contribution >= 0.6 is 0 Å². The number of nitrogens with one attached hydrogen (secondary N) is 1. The Hall–Kier alpha value is -2.72. The molecule has 1 heterocycles. The fourth-order valence-corrected chi connectivity index (χ4v) is 5.94. The molecule has 1 N–H and O–H groups in total. The number of aromatic nitrogens is 2. The van der Waals surface area contributed by atoms with Gasteiger partial charge in [0.2, 0.25) is 5.88 Å². The summed E-state index contributed by atoms with van der Waals surface area (Å²) in [6.45, 7) is 7.44. The molecule has 0 radical (unpaired) electrons. The van der Waals surface area contributed by atoms with E-state index in [1.54, 1.807) is 0 Å². The Morgan fingerprint density at radius 2 is 1.78 bits per heavy atom.